The van der Waals surface area contributed by atoms with E-state index in [1.54, 1.807) is 0 Å². The van der Waals surface area contributed by atoms with E-state index >= 15 is 0 Å². The molecule has 0 amide bonds. The average Bonchev–Trinajstić information content (AvgIpc) is 1.46. The first-order chi connectivity index (χ1) is 2.41. The van der Waals surface area contributed by atoms with Crippen molar-refractivity contribution in [2.24, 2.45) is 0 Å². The summed E-state index contributed by atoms with van der Waals surface area (Å²) in [6.07, 6.45) is 0. The fourth-order valence-corrected chi connectivity index (χ4v) is 0. The molecular weight excluding hydrogens is 302 g/mol. The molecule has 0 aliphatic carbocycles. The number of nitrogens with one attached hydrogen (secondary N) is 1. The van der Waals surface area contributed by atoms with E-state index in [1.165, 1.54) is 17.8 Å². The van der Waals surface area contributed by atoms with Gasteiger partial charge in [0.05, 0.1) is 0 Å². The summed E-state index contributed by atoms with van der Waals surface area (Å²) in [5.41, 5.74) is 0. The third-order valence-electron chi connectivity index (χ3n) is 0. The fourth-order valence-electron chi connectivity index (χ4n) is 0. The summed E-state index contributed by atoms with van der Waals surface area (Å²) in [6.45, 7) is 0. The van der Waals surface area contributed by atoms with Gasteiger partial charge in [-0.05, 0) is 14.1 Å². The Hall–Kier alpha value is 1.13. The molecule has 0 fully saturated rings. The van der Waals surface area contributed by atoms with Crippen molar-refractivity contribution in [1.82, 2.24) is 5.32 Å². The van der Waals surface area contributed by atoms with Crippen LogP contribution in [0.2, 0.25) is 0 Å². The predicted molar refractivity (Wildman–Crippen MR) is 23.9 cm³/mol. The van der Waals surface area contributed by atoms with Crippen LogP contribution in [0.5, 0.6) is 0 Å². The third kappa shape index (κ3) is 39.4. The number of rotatable bonds is 0. The maximum atomic E-state index is 3.02. The van der Waals surface area contributed by atoms with E-state index in [4.69, 9.17) is 0 Å². The van der Waals surface area contributed by atoms with E-state index < -0.39 is 0 Å². The van der Waals surface area contributed by atoms with Gasteiger partial charge < -0.3 is 5.32 Å². The molecule has 0 saturated heterocycles. The molecule has 0 saturated carbocycles. The zero-order chi connectivity index (χ0) is 4.71. The number of hydrogen-bond donors (Lipinski definition) is 1. The molecular formula is C2H7BrNW. The quantitative estimate of drug-likeness (QED) is 0.694. The van der Waals surface area contributed by atoms with Gasteiger partial charge in [0.1, 0.15) is 0 Å². The summed E-state index contributed by atoms with van der Waals surface area (Å²) in [7, 11) is 3.75. The van der Waals surface area contributed by atoms with Crippen LogP contribution in [0.1, 0.15) is 0 Å². The van der Waals surface area contributed by atoms with E-state index in [-0.39, 0.29) is 0 Å². The Morgan fingerprint density at radius 2 is 1.40 bits per heavy atom. The van der Waals surface area contributed by atoms with Crippen molar-refractivity contribution in [3.8, 4) is 0 Å². The monoisotopic (exact) mass is 308 g/mol. The molecule has 0 aliphatic heterocycles. The van der Waals surface area contributed by atoms with Gasteiger partial charge in [-0.1, -0.05) is 0 Å². The van der Waals surface area contributed by atoms with Crippen molar-refractivity contribution in [2.45, 2.75) is 0 Å². The molecule has 1 nitrogen and oxygen atoms in total. The van der Waals surface area contributed by atoms with E-state index in [9.17, 15) is 0 Å². The summed E-state index contributed by atoms with van der Waals surface area (Å²) in [5.74, 6) is 0. The zero-order valence-corrected chi connectivity index (χ0v) is 7.81. The van der Waals surface area contributed by atoms with Gasteiger partial charge in [0.25, 0.3) is 0 Å². The number of halogens is 1. The van der Waals surface area contributed by atoms with Crippen LogP contribution in [0.25, 0.3) is 0 Å². The van der Waals surface area contributed by atoms with Crippen LogP contribution in [-0.2, 0) is 17.8 Å². The Bertz CT molecular complexity index is 9.61. The molecule has 33 valence electrons. The second-order valence-electron chi connectivity index (χ2n) is 0.500. The molecule has 0 spiro atoms. The van der Waals surface area contributed by atoms with Crippen molar-refractivity contribution in [3.05, 3.63) is 0 Å². The van der Waals surface area contributed by atoms with Gasteiger partial charge in [-0.3, -0.25) is 0 Å². The minimum atomic E-state index is 1.40. The molecule has 0 radical (unpaired) electrons. The third-order valence-corrected chi connectivity index (χ3v) is 0. The summed E-state index contributed by atoms with van der Waals surface area (Å²) < 4.78 is 0. The maximum absolute atomic E-state index is 3.02. The Kier molecular flexibility index (Phi) is 36.5. The molecule has 0 atom stereocenters. The van der Waals surface area contributed by atoms with Crippen molar-refractivity contribution in [3.63, 3.8) is 0 Å². The normalized spacial score (nSPS) is 4.60. The van der Waals surface area contributed by atoms with E-state index in [0.717, 1.165) is 0 Å². The summed E-state index contributed by atoms with van der Waals surface area (Å²) in [5, 5.41) is 2.75. The summed E-state index contributed by atoms with van der Waals surface area (Å²) >= 11 is 4.42. The molecule has 0 aliphatic rings. The number of hydrogen-bond acceptors (Lipinski definition) is 1. The molecule has 0 aromatic rings. The van der Waals surface area contributed by atoms with Crippen molar-refractivity contribution < 1.29 is 17.8 Å². The molecule has 1 N–H and O–H groups in total. The first-order valence-electron chi connectivity index (χ1n) is 1.15. The Morgan fingerprint density at radius 1 is 1.40 bits per heavy atom. The second kappa shape index (κ2) is 19.3. The van der Waals surface area contributed by atoms with Crippen LogP contribution in [-0.4, -0.2) is 14.1 Å². The van der Waals surface area contributed by atoms with E-state index in [2.05, 4.69) is 18.6 Å². The average molecular weight is 309 g/mol. The summed E-state index contributed by atoms with van der Waals surface area (Å²) in [6, 6.07) is 0. The Labute approximate surface area is 50.6 Å². The van der Waals surface area contributed by atoms with Crippen LogP contribution >= 0.6 is 13.3 Å². The molecule has 0 heterocycles. The minimum absolute atomic E-state index is 1.40. The predicted octanol–water partition coefficient (Wildman–Crippen LogP) is 0.679. The molecule has 0 aromatic carbocycles. The van der Waals surface area contributed by atoms with Gasteiger partial charge in [-0.15, -0.1) is 0 Å². The Balaban J connectivity index is 0. The molecule has 0 unspecified atom stereocenters. The summed E-state index contributed by atoms with van der Waals surface area (Å²) in [4.78, 5) is 0. The molecule has 5 heavy (non-hydrogen) atoms. The fraction of sp³-hybridized carbons (Fsp3) is 1.00. The molecule has 0 aromatic heterocycles. The van der Waals surface area contributed by atoms with Crippen molar-refractivity contribution in [1.29, 1.82) is 0 Å². The van der Waals surface area contributed by atoms with Gasteiger partial charge in [-0.25, -0.2) is 0 Å². The van der Waals surface area contributed by atoms with Gasteiger partial charge in [0.15, 0.2) is 0 Å². The molecule has 0 bridgehead atoms. The first kappa shape index (κ1) is 9.46. The Morgan fingerprint density at radius 3 is 1.40 bits per heavy atom. The van der Waals surface area contributed by atoms with Crippen LogP contribution in [0, 0.1) is 0 Å². The van der Waals surface area contributed by atoms with Crippen molar-refractivity contribution in [2.75, 3.05) is 14.1 Å². The topological polar surface area (TPSA) is 12.0 Å². The van der Waals surface area contributed by atoms with Crippen LogP contribution < -0.4 is 5.32 Å². The molecule has 3 heteroatoms. The van der Waals surface area contributed by atoms with Gasteiger partial charge >= 0.3 is 31.1 Å². The van der Waals surface area contributed by atoms with E-state index in [0.29, 0.717) is 0 Å². The van der Waals surface area contributed by atoms with Crippen LogP contribution in [0.15, 0.2) is 0 Å². The van der Waals surface area contributed by atoms with E-state index in [1.807, 2.05) is 14.1 Å². The van der Waals surface area contributed by atoms with Gasteiger partial charge in [-0.2, -0.15) is 0 Å². The van der Waals surface area contributed by atoms with Crippen LogP contribution in [0.3, 0.4) is 0 Å². The second-order valence-corrected chi connectivity index (χ2v) is 0.500. The van der Waals surface area contributed by atoms with Gasteiger partial charge in [0, 0.05) is 0 Å². The first-order valence-corrected chi connectivity index (χ1v) is 7.56. The standard InChI is InChI=1S/C2H7N.BrH.W/c1-3-2;;/h3H,1-2H3;1H;/q;;+1/p-1. The SMILES string of the molecule is CNC.[Br][W]. The zero-order valence-electron chi connectivity index (χ0n) is 3.29. The van der Waals surface area contributed by atoms with Crippen molar-refractivity contribution >= 4 is 13.3 Å². The molecule has 0 rings (SSSR count). The van der Waals surface area contributed by atoms with Crippen LogP contribution in [0.4, 0.5) is 0 Å². The van der Waals surface area contributed by atoms with Gasteiger partial charge in [0.2, 0.25) is 0 Å².